The quantitative estimate of drug-likeness (QED) is 0.338. The summed E-state index contributed by atoms with van der Waals surface area (Å²) in [7, 11) is 0. The molecule has 1 fully saturated rings. The van der Waals surface area contributed by atoms with Gasteiger partial charge < -0.3 is 30.5 Å². The van der Waals surface area contributed by atoms with Gasteiger partial charge in [-0.3, -0.25) is 14.5 Å². The van der Waals surface area contributed by atoms with Crippen LogP contribution >= 0.6 is 0 Å². The van der Waals surface area contributed by atoms with Crippen molar-refractivity contribution in [1.82, 2.24) is 20.4 Å². The summed E-state index contributed by atoms with van der Waals surface area (Å²) in [4.78, 5) is 43.5. The van der Waals surface area contributed by atoms with Gasteiger partial charge in [0.25, 0.3) is 0 Å². The molecule has 0 unspecified atom stereocenters. The number of carbonyl (C=O) groups excluding carboxylic acids is 3. The summed E-state index contributed by atoms with van der Waals surface area (Å²) < 4.78 is 5.57. The maximum Gasteiger partial charge on any atom is 0.410 e. The highest BCUT2D eigenvalue weighted by atomic mass is 16.6. The van der Waals surface area contributed by atoms with Crippen LogP contribution in [0.15, 0.2) is 54.6 Å². The second-order valence-corrected chi connectivity index (χ2v) is 14.4. The van der Waals surface area contributed by atoms with Gasteiger partial charge in [-0.15, -0.1) is 0 Å². The lowest BCUT2D eigenvalue weighted by Crippen LogP contribution is -2.63. The minimum atomic E-state index is -0.928. The molecule has 4 N–H and O–H groups in total. The van der Waals surface area contributed by atoms with Crippen molar-refractivity contribution < 1.29 is 29.3 Å². The molecule has 2 aromatic rings. The van der Waals surface area contributed by atoms with Crippen LogP contribution in [0.1, 0.15) is 70.7 Å². The van der Waals surface area contributed by atoms with Crippen molar-refractivity contribution >= 4 is 17.9 Å². The third kappa shape index (κ3) is 9.76. The predicted octanol–water partition coefficient (Wildman–Crippen LogP) is 3.21. The molecule has 0 bridgehead atoms. The first-order valence-electron chi connectivity index (χ1n) is 15.9. The number of piperazine rings is 1. The lowest BCUT2D eigenvalue weighted by atomic mass is 9.91. The Kier molecular flexibility index (Phi) is 10.9. The maximum absolute atomic E-state index is 13.8. The topological polar surface area (TPSA) is 131 Å². The fraction of sp³-hybridized carbons (Fsp3) is 0.571. The fourth-order valence-corrected chi connectivity index (χ4v) is 6.11. The second-order valence-electron chi connectivity index (χ2n) is 14.4. The summed E-state index contributed by atoms with van der Waals surface area (Å²) in [5.74, 6) is -1.06. The Morgan fingerprint density at radius 1 is 0.978 bits per heavy atom. The Labute approximate surface area is 267 Å². The first-order valence-corrected chi connectivity index (χ1v) is 15.9. The molecule has 2 aromatic carbocycles. The number of nitrogens with zero attached hydrogens (tertiary/aromatic N) is 2. The molecule has 1 heterocycles. The van der Waals surface area contributed by atoms with Crippen LogP contribution < -0.4 is 10.6 Å². The molecular weight excluding hydrogens is 572 g/mol. The van der Waals surface area contributed by atoms with E-state index in [1.54, 1.807) is 20.8 Å². The van der Waals surface area contributed by atoms with E-state index in [1.165, 1.54) is 4.90 Å². The molecule has 246 valence electrons. The van der Waals surface area contributed by atoms with Crippen molar-refractivity contribution in [2.75, 3.05) is 26.2 Å². The Bertz CT molecular complexity index is 1320. The molecule has 0 radical (unpaired) electrons. The zero-order chi connectivity index (χ0) is 32.9. The lowest BCUT2D eigenvalue weighted by Gasteiger charge is -2.42. The molecule has 1 aliphatic heterocycles. The number of benzene rings is 2. The van der Waals surface area contributed by atoms with Gasteiger partial charge in [-0.25, -0.2) is 4.79 Å². The van der Waals surface area contributed by atoms with E-state index in [4.69, 9.17) is 4.74 Å². The van der Waals surface area contributed by atoms with Gasteiger partial charge >= 0.3 is 6.09 Å². The molecule has 1 aliphatic carbocycles. The molecule has 4 rings (SSSR count). The van der Waals surface area contributed by atoms with E-state index < -0.39 is 47.4 Å². The van der Waals surface area contributed by atoms with E-state index in [2.05, 4.69) is 10.6 Å². The Morgan fingerprint density at radius 3 is 2.31 bits per heavy atom. The molecule has 1 saturated heterocycles. The molecule has 0 spiro atoms. The number of hydrogen-bond donors (Lipinski definition) is 4. The van der Waals surface area contributed by atoms with E-state index in [-0.39, 0.29) is 31.3 Å². The van der Waals surface area contributed by atoms with Crippen molar-refractivity contribution in [3.63, 3.8) is 0 Å². The summed E-state index contributed by atoms with van der Waals surface area (Å²) in [6.45, 7) is 12.1. The van der Waals surface area contributed by atoms with Crippen molar-refractivity contribution in [3.05, 3.63) is 71.3 Å². The van der Waals surface area contributed by atoms with E-state index in [0.29, 0.717) is 25.9 Å². The number of aliphatic hydroxyl groups excluding tert-OH is 2. The van der Waals surface area contributed by atoms with E-state index in [0.717, 1.165) is 16.7 Å². The van der Waals surface area contributed by atoms with Crippen LogP contribution in [-0.4, -0.2) is 93.5 Å². The number of β-amino-alcohol motifs (C(OH)–C–C–N with tert-alkyl or cyclic N) is 1. The number of nitrogens with one attached hydrogen (secondary N) is 2. The maximum atomic E-state index is 13.8. The van der Waals surface area contributed by atoms with Crippen molar-refractivity contribution in [3.8, 4) is 0 Å². The van der Waals surface area contributed by atoms with Gasteiger partial charge in [-0.05, 0) is 71.1 Å². The Balaban J connectivity index is 1.49. The molecule has 10 heteroatoms. The third-order valence-electron chi connectivity index (χ3n) is 8.14. The molecule has 0 saturated carbocycles. The zero-order valence-electron chi connectivity index (χ0n) is 27.5. The number of fused-ring (bicyclic) bond motifs is 1. The first kappa shape index (κ1) is 34.4. The number of aliphatic hydroxyl groups is 2. The Morgan fingerprint density at radius 2 is 1.64 bits per heavy atom. The number of hydrogen-bond acceptors (Lipinski definition) is 7. The SMILES string of the molecule is CC(C)(C)NC(=O)[C@@H]1CN(C(=O)OC(C)(C)C)CCN1C[C@@H](O)C[C@@H](Cc1ccccc1)C(=O)N[C@H]1c2ccccc2C[C@H]1O. The van der Waals surface area contributed by atoms with Crippen LogP contribution in [-0.2, 0) is 27.2 Å². The summed E-state index contributed by atoms with van der Waals surface area (Å²) in [6.07, 6.45) is -1.09. The predicted molar refractivity (Wildman–Crippen MR) is 172 cm³/mol. The standard InChI is InChI=1S/C35H50N4O6/c1-34(2,3)37-32(43)28-22-39(33(44)45-35(4,5)6)17-16-38(28)21-26(40)19-25(18-23-12-8-7-9-13-23)31(42)36-30-27-15-11-10-14-24(27)20-29(30)41/h7-15,25-26,28-30,40-41H,16-22H2,1-6H3,(H,36,42)(H,37,43)/t25-,26+,28+,29-,30+/m1/s1. The minimum absolute atomic E-state index is 0.121. The molecule has 5 atom stereocenters. The van der Waals surface area contributed by atoms with Gasteiger partial charge in [0.2, 0.25) is 11.8 Å². The van der Waals surface area contributed by atoms with E-state index >= 15 is 0 Å². The molecule has 10 nitrogen and oxygen atoms in total. The normalized spacial score (nSPS) is 21.9. The largest absolute Gasteiger partial charge is 0.444 e. The number of carbonyl (C=O) groups is 3. The molecule has 0 aromatic heterocycles. The molecule has 2 aliphatic rings. The minimum Gasteiger partial charge on any atom is -0.444 e. The summed E-state index contributed by atoms with van der Waals surface area (Å²) in [5, 5.41) is 28.3. The number of ether oxygens (including phenoxy) is 1. The molecule has 45 heavy (non-hydrogen) atoms. The summed E-state index contributed by atoms with van der Waals surface area (Å²) >= 11 is 0. The average molecular weight is 623 g/mol. The highest BCUT2D eigenvalue weighted by Crippen LogP contribution is 2.32. The second kappa shape index (κ2) is 14.3. The van der Waals surface area contributed by atoms with Gasteiger partial charge in [0.05, 0.1) is 18.2 Å². The highest BCUT2D eigenvalue weighted by molar-refractivity contribution is 5.83. The van der Waals surface area contributed by atoms with Crippen LogP contribution in [0.5, 0.6) is 0 Å². The zero-order valence-corrected chi connectivity index (χ0v) is 27.5. The van der Waals surface area contributed by atoms with Crippen LogP contribution in [0, 0.1) is 5.92 Å². The van der Waals surface area contributed by atoms with Crippen LogP contribution in [0.4, 0.5) is 4.79 Å². The fourth-order valence-electron chi connectivity index (χ4n) is 6.11. The highest BCUT2D eigenvalue weighted by Gasteiger charge is 2.39. The summed E-state index contributed by atoms with van der Waals surface area (Å²) in [6, 6.07) is 16.1. The summed E-state index contributed by atoms with van der Waals surface area (Å²) in [5.41, 5.74) is 1.73. The first-order chi connectivity index (χ1) is 21.1. The van der Waals surface area contributed by atoms with Crippen molar-refractivity contribution in [2.24, 2.45) is 5.92 Å². The van der Waals surface area contributed by atoms with Gasteiger partial charge in [0.15, 0.2) is 0 Å². The number of rotatable bonds is 9. The smallest absolute Gasteiger partial charge is 0.410 e. The third-order valence-corrected chi connectivity index (χ3v) is 8.14. The van der Waals surface area contributed by atoms with Crippen LogP contribution in [0.2, 0.25) is 0 Å². The Hall–Kier alpha value is -3.47. The van der Waals surface area contributed by atoms with Crippen LogP contribution in [0.3, 0.4) is 0 Å². The number of amides is 3. The van der Waals surface area contributed by atoms with E-state index in [9.17, 15) is 24.6 Å². The van der Waals surface area contributed by atoms with E-state index in [1.807, 2.05) is 80.3 Å². The molecular formula is C35H50N4O6. The van der Waals surface area contributed by atoms with Crippen molar-refractivity contribution in [2.45, 2.75) is 96.2 Å². The van der Waals surface area contributed by atoms with Gasteiger partial charge in [-0.1, -0.05) is 54.6 Å². The average Bonchev–Trinajstić information content (AvgIpc) is 3.26. The monoisotopic (exact) mass is 622 g/mol. The van der Waals surface area contributed by atoms with Gasteiger partial charge in [-0.2, -0.15) is 0 Å². The van der Waals surface area contributed by atoms with Crippen molar-refractivity contribution in [1.29, 1.82) is 0 Å². The molecule has 3 amide bonds. The lowest BCUT2D eigenvalue weighted by molar-refractivity contribution is -0.132. The van der Waals surface area contributed by atoms with Crippen LogP contribution in [0.25, 0.3) is 0 Å². The van der Waals surface area contributed by atoms with Gasteiger partial charge in [0.1, 0.15) is 11.6 Å². The van der Waals surface area contributed by atoms with Gasteiger partial charge in [0, 0.05) is 44.1 Å².